The Morgan fingerprint density at radius 1 is 1.07 bits per heavy atom. The second-order valence-electron chi connectivity index (χ2n) is 6.44. The minimum absolute atomic E-state index is 0.0509. The van der Waals surface area contributed by atoms with Gasteiger partial charge in [-0.2, -0.15) is 0 Å². The van der Waals surface area contributed by atoms with E-state index in [4.69, 9.17) is 9.47 Å². The Hall–Kier alpha value is -2.80. The summed E-state index contributed by atoms with van der Waals surface area (Å²) >= 11 is 0. The van der Waals surface area contributed by atoms with Crippen LogP contribution >= 0.6 is 0 Å². The highest BCUT2D eigenvalue weighted by Gasteiger charge is 2.21. The molecule has 2 aromatic rings. The van der Waals surface area contributed by atoms with Gasteiger partial charge in [0.05, 0.1) is 14.2 Å². The standard InChI is InChI=1S/C20H26N4O3/c1-26-18-7-5-16(6-8-18)15-23-10-12-24(13-11-23)20(25)22-14-17-4-3-9-21-19(17)27-2/h3-9H,10-15H2,1-2H3,(H,22,25). The summed E-state index contributed by atoms with van der Waals surface area (Å²) in [6.45, 7) is 4.43. The lowest BCUT2D eigenvalue weighted by Crippen LogP contribution is -2.51. The van der Waals surface area contributed by atoms with Crippen LogP contribution in [0.15, 0.2) is 42.6 Å². The van der Waals surface area contributed by atoms with Crippen LogP contribution in [0.25, 0.3) is 0 Å². The molecule has 0 unspecified atom stereocenters. The highest BCUT2D eigenvalue weighted by molar-refractivity contribution is 5.74. The van der Waals surface area contributed by atoms with Crippen LogP contribution in [-0.4, -0.2) is 61.2 Å². The minimum atomic E-state index is -0.0509. The number of benzene rings is 1. The molecule has 2 heterocycles. The van der Waals surface area contributed by atoms with Gasteiger partial charge in [0.15, 0.2) is 0 Å². The molecule has 1 aromatic heterocycles. The lowest BCUT2D eigenvalue weighted by Gasteiger charge is -2.34. The van der Waals surface area contributed by atoms with Crippen molar-refractivity contribution >= 4 is 6.03 Å². The number of pyridine rings is 1. The van der Waals surface area contributed by atoms with Crippen molar-refractivity contribution < 1.29 is 14.3 Å². The summed E-state index contributed by atoms with van der Waals surface area (Å²) in [7, 11) is 3.25. The van der Waals surface area contributed by atoms with Crippen molar-refractivity contribution in [1.82, 2.24) is 20.1 Å². The number of urea groups is 1. The molecule has 144 valence electrons. The molecule has 1 aliphatic rings. The molecule has 1 aliphatic heterocycles. The highest BCUT2D eigenvalue weighted by atomic mass is 16.5. The van der Waals surface area contributed by atoms with Gasteiger partial charge >= 0.3 is 6.03 Å². The molecule has 0 aliphatic carbocycles. The van der Waals surface area contributed by atoms with E-state index in [2.05, 4.69) is 27.3 Å². The Bertz CT molecular complexity index is 743. The van der Waals surface area contributed by atoms with E-state index in [0.717, 1.165) is 30.9 Å². The quantitative estimate of drug-likeness (QED) is 0.844. The molecule has 0 radical (unpaired) electrons. The maximum Gasteiger partial charge on any atom is 0.317 e. The number of amides is 2. The monoisotopic (exact) mass is 370 g/mol. The zero-order valence-electron chi connectivity index (χ0n) is 15.9. The molecule has 0 atom stereocenters. The molecule has 0 bridgehead atoms. The van der Waals surface area contributed by atoms with Crippen LogP contribution in [0, 0.1) is 0 Å². The van der Waals surface area contributed by atoms with Gasteiger partial charge in [0, 0.05) is 51.0 Å². The van der Waals surface area contributed by atoms with Gasteiger partial charge in [0.25, 0.3) is 0 Å². The van der Waals surface area contributed by atoms with E-state index in [1.807, 2.05) is 29.2 Å². The number of hydrogen-bond acceptors (Lipinski definition) is 5. The zero-order chi connectivity index (χ0) is 19.1. The fourth-order valence-corrected chi connectivity index (χ4v) is 3.12. The Labute approximate surface area is 159 Å². The number of rotatable bonds is 6. The van der Waals surface area contributed by atoms with Crippen molar-refractivity contribution in [2.75, 3.05) is 40.4 Å². The fraction of sp³-hybridized carbons (Fsp3) is 0.400. The molecule has 7 nitrogen and oxygen atoms in total. The summed E-state index contributed by atoms with van der Waals surface area (Å²) in [6.07, 6.45) is 1.67. The molecular weight excluding hydrogens is 344 g/mol. The zero-order valence-corrected chi connectivity index (χ0v) is 15.9. The Morgan fingerprint density at radius 3 is 2.48 bits per heavy atom. The predicted octanol–water partition coefficient (Wildman–Crippen LogP) is 2.13. The predicted molar refractivity (Wildman–Crippen MR) is 103 cm³/mol. The number of nitrogens with one attached hydrogen (secondary N) is 1. The molecule has 7 heteroatoms. The number of carbonyl (C=O) groups is 1. The van der Waals surface area contributed by atoms with E-state index < -0.39 is 0 Å². The normalized spacial score (nSPS) is 14.7. The Balaban J connectivity index is 1.44. The van der Waals surface area contributed by atoms with Crippen molar-refractivity contribution in [2.24, 2.45) is 0 Å². The van der Waals surface area contributed by atoms with Crippen LogP contribution in [0.3, 0.4) is 0 Å². The number of aromatic nitrogens is 1. The average Bonchev–Trinajstić information content (AvgIpc) is 2.73. The molecule has 2 amide bonds. The summed E-state index contributed by atoms with van der Waals surface area (Å²) in [4.78, 5) is 20.8. The second kappa shape index (κ2) is 9.23. The van der Waals surface area contributed by atoms with Gasteiger partial charge < -0.3 is 19.7 Å². The largest absolute Gasteiger partial charge is 0.497 e. The molecule has 3 rings (SSSR count). The van der Waals surface area contributed by atoms with Gasteiger partial charge in [-0.05, 0) is 23.8 Å². The molecular formula is C20H26N4O3. The average molecular weight is 370 g/mol. The van der Waals surface area contributed by atoms with E-state index in [1.54, 1.807) is 20.4 Å². The first kappa shape index (κ1) is 19.0. The van der Waals surface area contributed by atoms with Gasteiger partial charge in [-0.15, -0.1) is 0 Å². The van der Waals surface area contributed by atoms with E-state index in [9.17, 15) is 4.79 Å². The number of nitrogens with zero attached hydrogens (tertiary/aromatic N) is 3. The van der Waals surface area contributed by atoms with Crippen LogP contribution < -0.4 is 14.8 Å². The first-order valence-corrected chi connectivity index (χ1v) is 9.05. The van der Waals surface area contributed by atoms with Crippen LogP contribution in [0.5, 0.6) is 11.6 Å². The number of methoxy groups -OCH3 is 2. The van der Waals surface area contributed by atoms with Gasteiger partial charge in [0.1, 0.15) is 5.75 Å². The molecule has 27 heavy (non-hydrogen) atoms. The van der Waals surface area contributed by atoms with Crippen molar-refractivity contribution in [2.45, 2.75) is 13.1 Å². The molecule has 1 saturated heterocycles. The lowest BCUT2D eigenvalue weighted by molar-refractivity contribution is 0.135. The smallest absolute Gasteiger partial charge is 0.317 e. The lowest BCUT2D eigenvalue weighted by atomic mass is 10.2. The minimum Gasteiger partial charge on any atom is -0.497 e. The number of ether oxygens (including phenoxy) is 2. The summed E-state index contributed by atoms with van der Waals surface area (Å²) in [6, 6.07) is 11.8. The van der Waals surface area contributed by atoms with Crippen molar-refractivity contribution in [3.63, 3.8) is 0 Å². The maximum atomic E-state index is 12.4. The van der Waals surface area contributed by atoms with Crippen molar-refractivity contribution in [1.29, 1.82) is 0 Å². The topological polar surface area (TPSA) is 66.9 Å². The van der Waals surface area contributed by atoms with E-state index in [0.29, 0.717) is 25.5 Å². The third-order valence-electron chi connectivity index (χ3n) is 4.70. The highest BCUT2D eigenvalue weighted by Crippen LogP contribution is 2.15. The van der Waals surface area contributed by atoms with Gasteiger partial charge in [-0.1, -0.05) is 18.2 Å². The van der Waals surface area contributed by atoms with Gasteiger partial charge in [0.2, 0.25) is 5.88 Å². The number of hydrogen-bond donors (Lipinski definition) is 1. The number of carbonyl (C=O) groups excluding carboxylic acids is 1. The molecule has 1 aromatic carbocycles. The molecule has 1 fully saturated rings. The van der Waals surface area contributed by atoms with Crippen LogP contribution in [0.1, 0.15) is 11.1 Å². The van der Waals surface area contributed by atoms with E-state index >= 15 is 0 Å². The summed E-state index contributed by atoms with van der Waals surface area (Å²) in [5.41, 5.74) is 2.11. The van der Waals surface area contributed by atoms with Gasteiger partial charge in [-0.25, -0.2) is 9.78 Å². The third kappa shape index (κ3) is 5.10. The first-order valence-electron chi connectivity index (χ1n) is 9.05. The van der Waals surface area contributed by atoms with E-state index in [-0.39, 0.29) is 6.03 Å². The summed E-state index contributed by atoms with van der Waals surface area (Å²) in [5.74, 6) is 1.41. The van der Waals surface area contributed by atoms with Gasteiger partial charge in [-0.3, -0.25) is 4.90 Å². The second-order valence-corrected chi connectivity index (χ2v) is 6.44. The Kier molecular flexibility index (Phi) is 6.49. The number of piperazine rings is 1. The van der Waals surface area contributed by atoms with Crippen molar-refractivity contribution in [3.8, 4) is 11.6 Å². The first-order chi connectivity index (χ1) is 13.2. The van der Waals surface area contributed by atoms with Crippen LogP contribution in [-0.2, 0) is 13.1 Å². The SMILES string of the molecule is COc1ccc(CN2CCN(C(=O)NCc3cccnc3OC)CC2)cc1. The Morgan fingerprint density at radius 2 is 1.81 bits per heavy atom. The summed E-state index contributed by atoms with van der Waals surface area (Å²) in [5, 5.41) is 2.96. The maximum absolute atomic E-state index is 12.4. The fourth-order valence-electron chi connectivity index (χ4n) is 3.12. The molecule has 0 saturated carbocycles. The molecule has 0 spiro atoms. The molecule has 1 N–H and O–H groups in total. The van der Waals surface area contributed by atoms with Crippen molar-refractivity contribution in [3.05, 3.63) is 53.7 Å². The van der Waals surface area contributed by atoms with Crippen LogP contribution in [0.2, 0.25) is 0 Å². The van der Waals surface area contributed by atoms with Crippen LogP contribution in [0.4, 0.5) is 4.79 Å². The summed E-state index contributed by atoms with van der Waals surface area (Å²) < 4.78 is 10.4. The van der Waals surface area contributed by atoms with E-state index in [1.165, 1.54) is 5.56 Å². The third-order valence-corrected chi connectivity index (χ3v) is 4.70.